The lowest BCUT2D eigenvalue weighted by Gasteiger charge is -2.19. The van der Waals surface area contributed by atoms with E-state index in [2.05, 4.69) is 17.0 Å². The first-order valence-electron chi connectivity index (χ1n) is 7.26. The van der Waals surface area contributed by atoms with Crippen molar-refractivity contribution in [3.8, 4) is 0 Å². The molecule has 0 saturated heterocycles. The van der Waals surface area contributed by atoms with E-state index in [1.54, 1.807) is 12.1 Å². The molecule has 2 aromatic carbocycles. The molecule has 3 rings (SSSR count). The highest BCUT2D eigenvalue weighted by Gasteiger charge is 2.23. The van der Waals surface area contributed by atoms with Crippen LogP contribution >= 0.6 is 0 Å². The maximum Gasteiger partial charge on any atom is 0.338 e. The largest absolute Gasteiger partial charge is 0.465 e. The number of hydrogen-bond acceptors (Lipinski definition) is 5. The summed E-state index contributed by atoms with van der Waals surface area (Å²) in [6, 6.07) is 13.3. The molecule has 0 aromatic heterocycles. The summed E-state index contributed by atoms with van der Waals surface area (Å²) in [6.45, 7) is 1.54. The van der Waals surface area contributed by atoms with Crippen molar-refractivity contribution in [3.05, 3.63) is 64.7 Å². The number of anilines is 1. The van der Waals surface area contributed by atoms with Crippen molar-refractivity contribution in [2.75, 3.05) is 19.1 Å². The standard InChI is InChI=1S/C18H17NO4/c1-22-17(20)15-8-7-14(9-16(15)18(21)23-2)19-10-12-5-3-4-6-13(12)11-19/h3-9H,10-11H2,1-2H3. The van der Waals surface area contributed by atoms with Crippen molar-refractivity contribution in [2.45, 2.75) is 13.1 Å². The maximum atomic E-state index is 12.0. The van der Waals surface area contributed by atoms with Crippen LogP contribution in [0.25, 0.3) is 0 Å². The summed E-state index contributed by atoms with van der Waals surface area (Å²) in [5.74, 6) is -1.11. The zero-order valence-corrected chi connectivity index (χ0v) is 13.0. The predicted octanol–water partition coefficient (Wildman–Crippen LogP) is 2.78. The van der Waals surface area contributed by atoms with Crippen LogP contribution < -0.4 is 4.90 Å². The summed E-state index contributed by atoms with van der Waals surface area (Å²) in [7, 11) is 2.58. The topological polar surface area (TPSA) is 55.8 Å². The van der Waals surface area contributed by atoms with Gasteiger partial charge in [0.25, 0.3) is 0 Å². The number of methoxy groups -OCH3 is 2. The zero-order chi connectivity index (χ0) is 16.4. The van der Waals surface area contributed by atoms with E-state index in [0.717, 1.165) is 18.8 Å². The molecule has 1 heterocycles. The Labute approximate surface area is 134 Å². The Morgan fingerprint density at radius 3 is 2.00 bits per heavy atom. The first-order chi connectivity index (χ1) is 11.1. The zero-order valence-electron chi connectivity index (χ0n) is 13.0. The van der Waals surface area contributed by atoms with Crippen molar-refractivity contribution in [1.29, 1.82) is 0 Å². The second kappa shape index (κ2) is 6.12. The fraction of sp³-hybridized carbons (Fsp3) is 0.222. The number of nitrogens with zero attached hydrogens (tertiary/aromatic N) is 1. The lowest BCUT2D eigenvalue weighted by molar-refractivity contribution is 0.0555. The molecule has 0 N–H and O–H groups in total. The van der Waals surface area contributed by atoms with Crippen LogP contribution in [-0.4, -0.2) is 26.2 Å². The van der Waals surface area contributed by atoms with Crippen LogP contribution in [0.5, 0.6) is 0 Å². The molecule has 2 aromatic rings. The van der Waals surface area contributed by atoms with Crippen molar-refractivity contribution in [1.82, 2.24) is 0 Å². The SMILES string of the molecule is COC(=O)c1ccc(N2Cc3ccccc3C2)cc1C(=O)OC. The number of rotatable bonds is 3. The highest BCUT2D eigenvalue weighted by molar-refractivity contribution is 6.03. The van der Waals surface area contributed by atoms with Crippen LogP contribution in [0.3, 0.4) is 0 Å². The fourth-order valence-electron chi connectivity index (χ4n) is 2.81. The summed E-state index contributed by atoms with van der Waals surface area (Å²) in [6.07, 6.45) is 0. The summed E-state index contributed by atoms with van der Waals surface area (Å²) < 4.78 is 9.51. The summed E-state index contributed by atoms with van der Waals surface area (Å²) in [4.78, 5) is 26.0. The summed E-state index contributed by atoms with van der Waals surface area (Å²) >= 11 is 0. The van der Waals surface area contributed by atoms with Gasteiger partial charge in [-0.05, 0) is 29.3 Å². The average molecular weight is 311 g/mol. The van der Waals surface area contributed by atoms with Crippen molar-refractivity contribution in [2.24, 2.45) is 0 Å². The predicted molar refractivity (Wildman–Crippen MR) is 85.5 cm³/mol. The first-order valence-corrected chi connectivity index (χ1v) is 7.26. The van der Waals surface area contributed by atoms with Gasteiger partial charge in [0, 0.05) is 18.8 Å². The number of benzene rings is 2. The van der Waals surface area contributed by atoms with Gasteiger partial charge in [0.15, 0.2) is 0 Å². The molecular formula is C18H17NO4. The third-order valence-electron chi connectivity index (χ3n) is 4.02. The molecular weight excluding hydrogens is 294 g/mol. The van der Waals surface area contributed by atoms with Crippen LogP contribution in [0.4, 0.5) is 5.69 Å². The van der Waals surface area contributed by atoms with E-state index in [1.165, 1.54) is 25.3 Å². The smallest absolute Gasteiger partial charge is 0.338 e. The van der Waals surface area contributed by atoms with Gasteiger partial charge in [-0.3, -0.25) is 0 Å². The van der Waals surface area contributed by atoms with E-state index in [9.17, 15) is 9.59 Å². The molecule has 1 aliphatic rings. The van der Waals surface area contributed by atoms with Gasteiger partial charge in [0.2, 0.25) is 0 Å². The Morgan fingerprint density at radius 2 is 1.43 bits per heavy atom. The van der Waals surface area contributed by atoms with Gasteiger partial charge >= 0.3 is 11.9 Å². The van der Waals surface area contributed by atoms with E-state index < -0.39 is 11.9 Å². The lowest BCUT2D eigenvalue weighted by atomic mass is 10.1. The number of carbonyl (C=O) groups is 2. The Bertz CT molecular complexity index is 744. The molecule has 1 aliphatic heterocycles. The molecule has 0 bridgehead atoms. The lowest BCUT2D eigenvalue weighted by Crippen LogP contribution is -2.17. The molecule has 23 heavy (non-hydrogen) atoms. The molecule has 0 radical (unpaired) electrons. The Balaban J connectivity index is 1.96. The van der Waals surface area contributed by atoms with Crippen LogP contribution in [-0.2, 0) is 22.6 Å². The number of esters is 2. The third kappa shape index (κ3) is 2.77. The van der Waals surface area contributed by atoms with E-state index in [-0.39, 0.29) is 11.1 Å². The third-order valence-corrected chi connectivity index (χ3v) is 4.02. The quantitative estimate of drug-likeness (QED) is 0.816. The molecule has 0 saturated carbocycles. The maximum absolute atomic E-state index is 12.0. The minimum atomic E-state index is -0.554. The highest BCUT2D eigenvalue weighted by Crippen LogP contribution is 2.29. The second-order valence-corrected chi connectivity index (χ2v) is 5.34. The van der Waals surface area contributed by atoms with Crippen LogP contribution in [0.1, 0.15) is 31.8 Å². The van der Waals surface area contributed by atoms with Gasteiger partial charge in [0.05, 0.1) is 25.3 Å². The minimum Gasteiger partial charge on any atom is -0.465 e. The molecule has 5 nitrogen and oxygen atoms in total. The van der Waals surface area contributed by atoms with E-state index in [1.807, 2.05) is 18.2 Å². The van der Waals surface area contributed by atoms with E-state index in [4.69, 9.17) is 9.47 Å². The fourth-order valence-corrected chi connectivity index (χ4v) is 2.81. The molecule has 0 atom stereocenters. The molecule has 5 heteroatoms. The number of hydrogen-bond donors (Lipinski definition) is 0. The van der Waals surface area contributed by atoms with Gasteiger partial charge in [-0.15, -0.1) is 0 Å². The van der Waals surface area contributed by atoms with Crippen LogP contribution in [0.2, 0.25) is 0 Å². The van der Waals surface area contributed by atoms with Gasteiger partial charge < -0.3 is 14.4 Å². The molecule has 118 valence electrons. The summed E-state index contributed by atoms with van der Waals surface area (Å²) in [5, 5.41) is 0. The van der Waals surface area contributed by atoms with Gasteiger partial charge in [-0.1, -0.05) is 24.3 Å². The second-order valence-electron chi connectivity index (χ2n) is 5.34. The van der Waals surface area contributed by atoms with Crippen molar-refractivity contribution in [3.63, 3.8) is 0 Å². The highest BCUT2D eigenvalue weighted by atomic mass is 16.5. The number of fused-ring (bicyclic) bond motifs is 1. The van der Waals surface area contributed by atoms with Gasteiger partial charge in [-0.2, -0.15) is 0 Å². The van der Waals surface area contributed by atoms with Gasteiger partial charge in [0.1, 0.15) is 0 Å². The average Bonchev–Trinajstić information content (AvgIpc) is 3.04. The van der Waals surface area contributed by atoms with E-state index in [0.29, 0.717) is 0 Å². The van der Waals surface area contributed by atoms with E-state index >= 15 is 0 Å². The monoisotopic (exact) mass is 311 g/mol. The summed E-state index contributed by atoms with van der Waals surface area (Å²) in [5.41, 5.74) is 3.83. The number of carbonyl (C=O) groups excluding carboxylic acids is 2. The molecule has 0 spiro atoms. The number of ether oxygens (including phenoxy) is 2. The Kier molecular flexibility index (Phi) is 4.02. The van der Waals surface area contributed by atoms with Crippen molar-refractivity contribution < 1.29 is 19.1 Å². The molecule has 0 amide bonds. The molecule has 0 fully saturated rings. The first kappa shape index (κ1) is 15.1. The molecule has 0 unspecified atom stereocenters. The Hall–Kier alpha value is -2.82. The Morgan fingerprint density at radius 1 is 0.870 bits per heavy atom. The van der Waals surface area contributed by atoms with Gasteiger partial charge in [-0.25, -0.2) is 9.59 Å². The minimum absolute atomic E-state index is 0.208. The van der Waals surface area contributed by atoms with Crippen LogP contribution in [0.15, 0.2) is 42.5 Å². The normalized spacial score (nSPS) is 12.7. The molecule has 0 aliphatic carbocycles. The van der Waals surface area contributed by atoms with Crippen molar-refractivity contribution >= 4 is 17.6 Å². The van der Waals surface area contributed by atoms with Crippen LogP contribution in [0, 0.1) is 0 Å².